The van der Waals surface area contributed by atoms with Gasteiger partial charge in [-0.25, -0.2) is 9.78 Å². The Hall–Kier alpha value is -2.28. The molecule has 24 heavy (non-hydrogen) atoms. The predicted octanol–water partition coefficient (Wildman–Crippen LogP) is 2.43. The van der Waals surface area contributed by atoms with E-state index < -0.39 is 0 Å². The van der Waals surface area contributed by atoms with Crippen LogP contribution in [-0.4, -0.2) is 44.7 Å². The van der Waals surface area contributed by atoms with Gasteiger partial charge in [-0.2, -0.15) is 0 Å². The largest absolute Gasteiger partial charge is 0.336 e. The number of hydrogen-bond donors (Lipinski definition) is 1. The maximum Gasteiger partial charge on any atom is 0.324 e. The van der Waals surface area contributed by atoms with Crippen molar-refractivity contribution in [2.75, 3.05) is 13.1 Å². The highest BCUT2D eigenvalue weighted by molar-refractivity contribution is 8.00. The topological polar surface area (TPSA) is 67.2 Å². The van der Waals surface area contributed by atoms with Crippen LogP contribution >= 0.6 is 11.8 Å². The van der Waals surface area contributed by atoms with E-state index in [1.54, 1.807) is 6.92 Å². The van der Waals surface area contributed by atoms with Gasteiger partial charge in [-0.05, 0) is 19.4 Å². The van der Waals surface area contributed by atoms with Gasteiger partial charge in [-0.3, -0.25) is 9.69 Å². The standard InChI is InChI=1S/C17H20N4O2S/c1-11-4-6-13(7-5-11)14-10-19-17(20(14)3)24-12(2)15(22)21-9-8-18-16(21)23/h4-7,10,12H,8-9H2,1-3H3,(H,18,23)/t12-/m0/s1. The fourth-order valence-corrected chi connectivity index (χ4v) is 3.52. The van der Waals surface area contributed by atoms with E-state index >= 15 is 0 Å². The first-order valence-corrected chi connectivity index (χ1v) is 8.70. The van der Waals surface area contributed by atoms with Crippen molar-refractivity contribution in [2.24, 2.45) is 7.05 Å². The number of thioether (sulfide) groups is 1. The Bertz CT molecular complexity index is 769. The minimum Gasteiger partial charge on any atom is -0.336 e. The van der Waals surface area contributed by atoms with E-state index in [2.05, 4.69) is 41.5 Å². The van der Waals surface area contributed by atoms with Crippen LogP contribution in [0.15, 0.2) is 35.6 Å². The molecule has 0 radical (unpaired) electrons. The molecule has 126 valence electrons. The third-order valence-corrected chi connectivity index (χ3v) is 5.19. The average Bonchev–Trinajstić information content (AvgIpc) is 3.14. The van der Waals surface area contributed by atoms with Gasteiger partial charge in [0, 0.05) is 20.1 Å². The molecule has 0 unspecified atom stereocenters. The van der Waals surface area contributed by atoms with Crippen LogP contribution in [0.2, 0.25) is 0 Å². The molecule has 3 rings (SSSR count). The summed E-state index contributed by atoms with van der Waals surface area (Å²) in [6.07, 6.45) is 1.81. The minimum atomic E-state index is -0.374. The third-order valence-electron chi connectivity index (χ3n) is 4.05. The SMILES string of the molecule is Cc1ccc(-c2cnc(S[C@@H](C)C(=O)N3CCNC3=O)n2C)cc1. The van der Waals surface area contributed by atoms with Crippen LogP contribution in [0.1, 0.15) is 12.5 Å². The number of aryl methyl sites for hydroxylation is 1. The van der Waals surface area contributed by atoms with Crippen molar-refractivity contribution in [3.63, 3.8) is 0 Å². The third kappa shape index (κ3) is 3.17. The number of amides is 3. The first-order chi connectivity index (χ1) is 11.5. The van der Waals surface area contributed by atoms with Crippen LogP contribution in [0.25, 0.3) is 11.3 Å². The molecule has 1 aromatic heterocycles. The molecular weight excluding hydrogens is 324 g/mol. The Morgan fingerprint density at radius 2 is 2.04 bits per heavy atom. The highest BCUT2D eigenvalue weighted by atomic mass is 32.2. The normalized spacial score (nSPS) is 15.5. The van der Waals surface area contributed by atoms with E-state index in [1.165, 1.54) is 22.2 Å². The number of benzene rings is 1. The van der Waals surface area contributed by atoms with Crippen molar-refractivity contribution in [1.29, 1.82) is 0 Å². The molecule has 1 N–H and O–H groups in total. The summed E-state index contributed by atoms with van der Waals surface area (Å²) in [5.74, 6) is -0.185. The first kappa shape index (κ1) is 16.6. The van der Waals surface area contributed by atoms with Crippen LogP contribution in [-0.2, 0) is 11.8 Å². The molecule has 1 fully saturated rings. The molecule has 1 aliphatic rings. The van der Waals surface area contributed by atoms with Gasteiger partial charge in [0.25, 0.3) is 0 Å². The molecule has 1 atom stereocenters. The highest BCUT2D eigenvalue weighted by Gasteiger charge is 2.30. The molecule has 2 aromatic rings. The lowest BCUT2D eigenvalue weighted by Crippen LogP contribution is -2.39. The lowest BCUT2D eigenvalue weighted by Gasteiger charge is -2.17. The zero-order chi connectivity index (χ0) is 17.3. The lowest BCUT2D eigenvalue weighted by molar-refractivity contribution is -0.126. The number of urea groups is 1. The molecule has 0 saturated carbocycles. The van der Waals surface area contributed by atoms with E-state index in [9.17, 15) is 9.59 Å². The molecular formula is C17H20N4O2S. The number of nitrogens with zero attached hydrogens (tertiary/aromatic N) is 3. The maximum atomic E-state index is 12.4. The van der Waals surface area contributed by atoms with Gasteiger partial charge >= 0.3 is 6.03 Å². The summed E-state index contributed by atoms with van der Waals surface area (Å²) in [6.45, 7) is 4.80. The number of imide groups is 1. The molecule has 2 heterocycles. The van der Waals surface area contributed by atoms with Crippen molar-refractivity contribution in [3.05, 3.63) is 36.0 Å². The number of rotatable bonds is 4. The van der Waals surface area contributed by atoms with E-state index in [1.807, 2.05) is 17.8 Å². The molecule has 0 aliphatic carbocycles. The second kappa shape index (κ2) is 6.68. The second-order valence-corrected chi connectivity index (χ2v) is 7.14. The van der Waals surface area contributed by atoms with Crippen molar-refractivity contribution in [1.82, 2.24) is 19.8 Å². The van der Waals surface area contributed by atoms with Crippen LogP contribution in [0.3, 0.4) is 0 Å². The molecule has 0 bridgehead atoms. The second-order valence-electron chi connectivity index (χ2n) is 5.83. The zero-order valence-corrected chi connectivity index (χ0v) is 14.8. The number of imidazole rings is 1. The van der Waals surface area contributed by atoms with Gasteiger partial charge in [0.2, 0.25) is 5.91 Å². The lowest BCUT2D eigenvalue weighted by atomic mass is 10.1. The van der Waals surface area contributed by atoms with Crippen molar-refractivity contribution >= 4 is 23.7 Å². The monoisotopic (exact) mass is 344 g/mol. The van der Waals surface area contributed by atoms with Gasteiger partial charge in [0.15, 0.2) is 5.16 Å². The summed E-state index contributed by atoms with van der Waals surface area (Å²) < 4.78 is 1.98. The number of carbonyl (C=O) groups excluding carboxylic acids is 2. The summed E-state index contributed by atoms with van der Waals surface area (Å²) in [4.78, 5) is 29.7. The molecule has 7 heteroatoms. The number of hydrogen-bond acceptors (Lipinski definition) is 4. The van der Waals surface area contributed by atoms with Gasteiger partial charge in [0.1, 0.15) is 0 Å². The van der Waals surface area contributed by atoms with E-state index in [0.717, 1.165) is 16.4 Å². The Labute approximate surface area is 145 Å². The maximum absolute atomic E-state index is 12.4. The fourth-order valence-electron chi connectivity index (χ4n) is 2.60. The van der Waals surface area contributed by atoms with Gasteiger partial charge < -0.3 is 9.88 Å². The van der Waals surface area contributed by atoms with Gasteiger partial charge in [0.05, 0.1) is 17.1 Å². The molecule has 1 aromatic carbocycles. The van der Waals surface area contributed by atoms with Crippen LogP contribution in [0.5, 0.6) is 0 Å². The molecule has 0 spiro atoms. The summed E-state index contributed by atoms with van der Waals surface area (Å²) >= 11 is 1.37. The van der Waals surface area contributed by atoms with Crippen LogP contribution in [0, 0.1) is 6.92 Å². The summed E-state index contributed by atoms with van der Waals surface area (Å²) in [7, 11) is 1.93. The number of carbonyl (C=O) groups is 2. The van der Waals surface area contributed by atoms with Crippen LogP contribution in [0.4, 0.5) is 4.79 Å². The van der Waals surface area contributed by atoms with Gasteiger partial charge in [-0.1, -0.05) is 41.6 Å². The highest BCUT2D eigenvalue weighted by Crippen LogP contribution is 2.28. The Morgan fingerprint density at radius 3 is 2.67 bits per heavy atom. The Balaban J connectivity index is 1.75. The molecule has 1 aliphatic heterocycles. The quantitative estimate of drug-likeness (QED) is 0.865. The van der Waals surface area contributed by atoms with Crippen molar-refractivity contribution in [3.8, 4) is 11.3 Å². The zero-order valence-electron chi connectivity index (χ0n) is 13.9. The number of aromatic nitrogens is 2. The summed E-state index contributed by atoms with van der Waals surface area (Å²) in [5.41, 5.74) is 3.29. The molecule has 6 nitrogen and oxygen atoms in total. The Kier molecular flexibility index (Phi) is 4.62. The van der Waals surface area contributed by atoms with E-state index in [4.69, 9.17) is 0 Å². The summed E-state index contributed by atoms with van der Waals surface area (Å²) in [5, 5.41) is 3.03. The molecule has 1 saturated heterocycles. The average molecular weight is 344 g/mol. The van der Waals surface area contributed by atoms with Crippen LogP contribution < -0.4 is 5.32 Å². The van der Waals surface area contributed by atoms with E-state index in [0.29, 0.717) is 13.1 Å². The summed E-state index contributed by atoms with van der Waals surface area (Å²) in [6, 6.07) is 7.93. The smallest absolute Gasteiger partial charge is 0.324 e. The molecule has 3 amide bonds. The Morgan fingerprint density at radius 1 is 1.33 bits per heavy atom. The fraction of sp³-hybridized carbons (Fsp3) is 0.353. The number of nitrogens with one attached hydrogen (secondary N) is 1. The van der Waals surface area contributed by atoms with Crippen molar-refractivity contribution in [2.45, 2.75) is 24.3 Å². The van der Waals surface area contributed by atoms with Gasteiger partial charge in [-0.15, -0.1) is 0 Å². The van der Waals surface area contributed by atoms with E-state index in [-0.39, 0.29) is 17.2 Å². The first-order valence-electron chi connectivity index (χ1n) is 7.82. The van der Waals surface area contributed by atoms with Crippen molar-refractivity contribution < 1.29 is 9.59 Å². The predicted molar refractivity (Wildman–Crippen MR) is 93.8 cm³/mol. The minimum absolute atomic E-state index is 0.185.